The summed E-state index contributed by atoms with van der Waals surface area (Å²) >= 11 is 2.50. The van der Waals surface area contributed by atoms with Gasteiger partial charge in [0.15, 0.2) is 0 Å². The van der Waals surface area contributed by atoms with E-state index in [1.165, 1.54) is 22.7 Å². The van der Waals surface area contributed by atoms with Gasteiger partial charge >= 0.3 is 0 Å². The molecule has 5 aromatic rings. The Hall–Kier alpha value is -3.15. The maximum absolute atomic E-state index is 12.0. The highest BCUT2D eigenvalue weighted by molar-refractivity contribution is 7.27. The van der Waals surface area contributed by atoms with Crippen LogP contribution in [0.3, 0.4) is 0 Å². The Morgan fingerprint density at radius 1 is 0.600 bits per heavy atom. The molecular formula is C25H16O3S2. The van der Waals surface area contributed by atoms with Gasteiger partial charge in [-0.2, -0.15) is 0 Å². The minimum Gasteiger partial charge on any atom is -0.487 e. The SMILES string of the molecule is O=c1sc2c(s1)COc1ccc3ccccc3c1-c1c(ccc3ccccc13)OC2. The zero-order valence-electron chi connectivity index (χ0n) is 15.9. The van der Waals surface area contributed by atoms with Crippen LogP contribution in [0, 0.1) is 0 Å². The Morgan fingerprint density at radius 3 is 1.57 bits per heavy atom. The molecule has 0 saturated heterocycles. The van der Waals surface area contributed by atoms with Crippen molar-refractivity contribution in [3.8, 4) is 22.6 Å². The summed E-state index contributed by atoms with van der Waals surface area (Å²) in [4.78, 5) is 13.9. The van der Waals surface area contributed by atoms with Gasteiger partial charge in [-0.1, -0.05) is 83.3 Å². The van der Waals surface area contributed by atoms with Crippen LogP contribution in [0.15, 0.2) is 77.6 Å². The minimum absolute atomic E-state index is 0.0731. The summed E-state index contributed by atoms with van der Waals surface area (Å²) in [6.07, 6.45) is 0. The molecule has 146 valence electrons. The summed E-state index contributed by atoms with van der Waals surface area (Å²) in [7, 11) is 0. The lowest BCUT2D eigenvalue weighted by Crippen LogP contribution is -2.04. The highest BCUT2D eigenvalue weighted by atomic mass is 32.2. The van der Waals surface area contributed by atoms with Crippen LogP contribution in [0.25, 0.3) is 32.7 Å². The van der Waals surface area contributed by atoms with Gasteiger partial charge in [0.05, 0.1) is 9.75 Å². The lowest BCUT2D eigenvalue weighted by atomic mass is 9.92. The maximum atomic E-state index is 12.0. The Bertz CT molecular complexity index is 1370. The second kappa shape index (κ2) is 6.97. The zero-order valence-corrected chi connectivity index (χ0v) is 17.5. The number of hydrogen-bond donors (Lipinski definition) is 0. The van der Waals surface area contributed by atoms with Crippen molar-refractivity contribution in [2.24, 2.45) is 0 Å². The average Bonchev–Trinajstić information content (AvgIpc) is 3.15. The van der Waals surface area contributed by atoms with Crippen molar-refractivity contribution in [2.45, 2.75) is 13.2 Å². The summed E-state index contributed by atoms with van der Waals surface area (Å²) in [5.41, 5.74) is 2.07. The monoisotopic (exact) mass is 428 g/mol. The largest absolute Gasteiger partial charge is 0.487 e. The topological polar surface area (TPSA) is 35.5 Å². The van der Waals surface area contributed by atoms with E-state index in [0.717, 1.165) is 53.9 Å². The molecule has 1 aromatic heterocycles. The predicted octanol–water partition coefficient (Wildman–Crippen LogP) is 6.61. The number of hydrogen-bond acceptors (Lipinski definition) is 5. The fraction of sp³-hybridized carbons (Fsp3) is 0.0800. The van der Waals surface area contributed by atoms with E-state index in [4.69, 9.17) is 9.47 Å². The number of fused-ring (bicyclic) bond motifs is 8. The number of benzene rings is 4. The maximum Gasteiger partial charge on any atom is 0.288 e. The van der Waals surface area contributed by atoms with Gasteiger partial charge in [-0.15, -0.1) is 0 Å². The van der Waals surface area contributed by atoms with Crippen LogP contribution in [0.5, 0.6) is 11.5 Å². The van der Waals surface area contributed by atoms with Crippen LogP contribution in [0.1, 0.15) is 9.75 Å². The molecule has 0 N–H and O–H groups in total. The van der Waals surface area contributed by atoms with E-state index >= 15 is 0 Å². The Kier molecular flexibility index (Phi) is 4.11. The molecule has 0 atom stereocenters. The van der Waals surface area contributed by atoms with Gasteiger partial charge in [-0.25, -0.2) is 0 Å². The van der Waals surface area contributed by atoms with Crippen LogP contribution in [0.2, 0.25) is 0 Å². The van der Waals surface area contributed by atoms with Gasteiger partial charge in [-0.05, 0) is 33.7 Å². The van der Waals surface area contributed by atoms with Gasteiger partial charge in [0.1, 0.15) is 24.7 Å². The van der Waals surface area contributed by atoms with Crippen molar-refractivity contribution in [3.05, 3.63) is 91.4 Å². The van der Waals surface area contributed by atoms with Crippen molar-refractivity contribution in [3.63, 3.8) is 0 Å². The van der Waals surface area contributed by atoms with E-state index in [0.29, 0.717) is 13.2 Å². The second-order valence-electron chi connectivity index (χ2n) is 7.20. The zero-order chi connectivity index (χ0) is 20.1. The molecule has 0 spiro atoms. The molecule has 1 aliphatic rings. The Balaban J connectivity index is 1.72. The average molecular weight is 429 g/mol. The van der Waals surface area contributed by atoms with Gasteiger partial charge in [-0.3, -0.25) is 4.79 Å². The summed E-state index contributed by atoms with van der Waals surface area (Å²) in [5, 5.41) is 4.54. The van der Waals surface area contributed by atoms with Gasteiger partial charge in [0.25, 0.3) is 4.06 Å². The molecule has 1 aliphatic heterocycles. The van der Waals surface area contributed by atoms with Gasteiger partial charge in [0.2, 0.25) is 0 Å². The van der Waals surface area contributed by atoms with Crippen molar-refractivity contribution >= 4 is 44.2 Å². The number of ether oxygens (including phenoxy) is 2. The molecule has 5 heteroatoms. The van der Waals surface area contributed by atoms with E-state index in [1.807, 2.05) is 24.3 Å². The van der Waals surface area contributed by atoms with E-state index in [9.17, 15) is 4.79 Å². The minimum atomic E-state index is 0.0731. The molecule has 0 saturated carbocycles. The smallest absolute Gasteiger partial charge is 0.288 e. The van der Waals surface area contributed by atoms with Crippen molar-refractivity contribution in [1.82, 2.24) is 0 Å². The second-order valence-corrected chi connectivity index (χ2v) is 9.59. The normalized spacial score (nSPS) is 13.1. The van der Waals surface area contributed by atoms with E-state index in [2.05, 4.69) is 48.5 Å². The van der Waals surface area contributed by atoms with Crippen molar-refractivity contribution in [1.29, 1.82) is 0 Å². The molecule has 30 heavy (non-hydrogen) atoms. The first-order valence-electron chi connectivity index (χ1n) is 9.69. The molecule has 0 unspecified atom stereocenters. The van der Waals surface area contributed by atoms with Crippen molar-refractivity contribution < 1.29 is 9.47 Å². The van der Waals surface area contributed by atoms with Crippen molar-refractivity contribution in [2.75, 3.05) is 0 Å². The Morgan fingerprint density at radius 2 is 1.07 bits per heavy atom. The lowest BCUT2D eigenvalue weighted by Gasteiger charge is -2.21. The highest BCUT2D eigenvalue weighted by Crippen LogP contribution is 2.46. The molecule has 3 nitrogen and oxygen atoms in total. The van der Waals surface area contributed by atoms with Crippen LogP contribution in [-0.4, -0.2) is 0 Å². The molecule has 4 aromatic carbocycles. The van der Waals surface area contributed by atoms with E-state index in [1.54, 1.807) is 0 Å². The van der Waals surface area contributed by atoms with E-state index < -0.39 is 0 Å². The fourth-order valence-electron chi connectivity index (χ4n) is 4.10. The predicted molar refractivity (Wildman–Crippen MR) is 124 cm³/mol. The van der Waals surface area contributed by atoms with Crippen LogP contribution < -0.4 is 13.5 Å². The van der Waals surface area contributed by atoms with E-state index in [-0.39, 0.29) is 4.06 Å². The molecule has 0 radical (unpaired) electrons. The first-order valence-corrected chi connectivity index (χ1v) is 11.3. The molecule has 6 rings (SSSR count). The molecular weight excluding hydrogens is 412 g/mol. The summed E-state index contributed by atoms with van der Waals surface area (Å²) < 4.78 is 12.8. The lowest BCUT2D eigenvalue weighted by molar-refractivity contribution is 0.289. The van der Waals surface area contributed by atoms with Crippen LogP contribution in [-0.2, 0) is 13.2 Å². The first kappa shape index (κ1) is 17.7. The number of rotatable bonds is 0. The molecule has 0 fully saturated rings. The quantitative estimate of drug-likeness (QED) is 0.278. The Labute approximate surface area is 180 Å². The third-order valence-corrected chi connectivity index (χ3v) is 7.66. The standard InChI is InChI=1S/C25H16O3S2/c26-25-29-21-13-27-19-11-9-15-5-1-3-7-17(15)23(19)24-18-8-4-2-6-16(18)10-12-20(24)28-14-22(21)30-25/h1-12H,13-14H2. The summed E-state index contributed by atoms with van der Waals surface area (Å²) in [6, 6.07) is 24.9. The highest BCUT2D eigenvalue weighted by Gasteiger charge is 2.22. The van der Waals surface area contributed by atoms with Gasteiger partial charge < -0.3 is 9.47 Å². The molecule has 0 aliphatic carbocycles. The fourth-order valence-corrected chi connectivity index (χ4v) is 6.11. The van der Waals surface area contributed by atoms with Gasteiger partial charge in [0, 0.05) is 11.1 Å². The molecule has 0 amide bonds. The third-order valence-electron chi connectivity index (χ3n) is 5.47. The molecule has 0 bridgehead atoms. The van der Waals surface area contributed by atoms with Crippen LogP contribution in [0.4, 0.5) is 0 Å². The first-order chi connectivity index (χ1) is 14.8. The summed E-state index contributed by atoms with van der Waals surface area (Å²) in [5.74, 6) is 1.60. The summed E-state index contributed by atoms with van der Waals surface area (Å²) in [6.45, 7) is 0.737. The third kappa shape index (κ3) is 2.82. The van der Waals surface area contributed by atoms with Crippen LogP contribution >= 0.6 is 22.7 Å². The molecule has 2 heterocycles.